The van der Waals surface area contributed by atoms with E-state index in [1.54, 1.807) is 12.1 Å². The van der Waals surface area contributed by atoms with Crippen molar-refractivity contribution < 1.29 is 13.6 Å². The molecule has 6 heteroatoms. The van der Waals surface area contributed by atoms with Crippen molar-refractivity contribution in [2.45, 2.75) is 6.92 Å². The molecule has 0 unspecified atom stereocenters. The zero-order valence-electron chi connectivity index (χ0n) is 10.5. The van der Waals surface area contributed by atoms with Crippen molar-refractivity contribution in [3.05, 3.63) is 57.6 Å². The van der Waals surface area contributed by atoms with Crippen LogP contribution in [0.15, 0.2) is 34.8 Å². The van der Waals surface area contributed by atoms with Crippen molar-refractivity contribution in [2.75, 3.05) is 11.1 Å². The second-order valence-corrected chi connectivity index (χ2v) is 5.15. The molecule has 2 aromatic rings. The van der Waals surface area contributed by atoms with Gasteiger partial charge in [-0.2, -0.15) is 0 Å². The summed E-state index contributed by atoms with van der Waals surface area (Å²) in [6.07, 6.45) is 0. The number of amides is 1. The molecule has 0 saturated heterocycles. The number of benzene rings is 2. The fourth-order valence-electron chi connectivity index (χ4n) is 1.64. The molecular weight excluding hydrogens is 330 g/mol. The minimum Gasteiger partial charge on any atom is -0.394 e. The third-order valence-corrected chi connectivity index (χ3v) is 3.40. The van der Waals surface area contributed by atoms with E-state index in [0.717, 1.165) is 17.7 Å². The first kappa shape index (κ1) is 14.5. The van der Waals surface area contributed by atoms with Gasteiger partial charge >= 0.3 is 0 Å². The summed E-state index contributed by atoms with van der Waals surface area (Å²) >= 11 is 3.29. The molecule has 0 fully saturated rings. The van der Waals surface area contributed by atoms with Crippen LogP contribution in [-0.2, 0) is 0 Å². The second kappa shape index (κ2) is 5.58. The average molecular weight is 341 g/mol. The van der Waals surface area contributed by atoms with Crippen LogP contribution in [0.2, 0.25) is 0 Å². The molecule has 0 aliphatic rings. The Morgan fingerprint density at radius 3 is 2.40 bits per heavy atom. The van der Waals surface area contributed by atoms with Crippen LogP contribution in [0.3, 0.4) is 0 Å². The Hall–Kier alpha value is -1.95. The standard InChI is InChI=1S/C14H11BrF2N2O/c1-7-2-3-9(15)12(4-7)19-14(20)8-5-10(16)13(18)11(17)6-8/h2-6H,18H2,1H3,(H,19,20). The van der Waals surface area contributed by atoms with Gasteiger partial charge in [-0.05, 0) is 52.7 Å². The molecule has 2 rings (SSSR count). The van der Waals surface area contributed by atoms with Crippen molar-refractivity contribution in [3.8, 4) is 0 Å². The normalized spacial score (nSPS) is 10.4. The molecular formula is C14H11BrF2N2O. The van der Waals surface area contributed by atoms with Crippen LogP contribution >= 0.6 is 15.9 Å². The number of nitrogens with two attached hydrogens (primary N) is 1. The van der Waals surface area contributed by atoms with Crippen LogP contribution in [0.4, 0.5) is 20.2 Å². The Morgan fingerprint density at radius 1 is 1.20 bits per heavy atom. The number of rotatable bonds is 2. The number of anilines is 2. The molecule has 2 aromatic carbocycles. The summed E-state index contributed by atoms with van der Waals surface area (Å²) in [6, 6.07) is 7.18. The first-order chi connectivity index (χ1) is 9.38. The molecule has 0 aliphatic carbocycles. The summed E-state index contributed by atoms with van der Waals surface area (Å²) in [6.45, 7) is 1.87. The number of carbonyl (C=O) groups is 1. The van der Waals surface area contributed by atoms with Gasteiger partial charge in [-0.15, -0.1) is 0 Å². The lowest BCUT2D eigenvalue weighted by Crippen LogP contribution is -2.13. The van der Waals surface area contributed by atoms with Gasteiger partial charge in [0, 0.05) is 10.0 Å². The van der Waals surface area contributed by atoms with Crippen LogP contribution in [0, 0.1) is 18.6 Å². The number of halogens is 3. The van der Waals surface area contributed by atoms with Crippen LogP contribution < -0.4 is 11.1 Å². The molecule has 1 amide bonds. The van der Waals surface area contributed by atoms with Gasteiger partial charge in [0.25, 0.3) is 5.91 Å². The maximum absolute atomic E-state index is 13.3. The molecule has 0 spiro atoms. The first-order valence-corrected chi connectivity index (χ1v) is 6.50. The first-order valence-electron chi connectivity index (χ1n) is 5.70. The molecule has 104 valence electrons. The van der Waals surface area contributed by atoms with Crippen LogP contribution in [-0.4, -0.2) is 5.91 Å². The molecule has 0 aromatic heterocycles. The summed E-state index contributed by atoms with van der Waals surface area (Å²) < 4.78 is 27.3. The number of nitrogens with one attached hydrogen (secondary N) is 1. The minimum atomic E-state index is -0.960. The maximum Gasteiger partial charge on any atom is 0.255 e. The monoisotopic (exact) mass is 340 g/mol. The molecule has 3 nitrogen and oxygen atoms in total. The van der Waals surface area contributed by atoms with Gasteiger partial charge < -0.3 is 11.1 Å². The van der Waals surface area contributed by atoms with Gasteiger partial charge in [0.1, 0.15) is 17.3 Å². The predicted octanol–water partition coefficient (Wildman–Crippen LogP) is 3.87. The van der Waals surface area contributed by atoms with Gasteiger partial charge in [0.05, 0.1) is 5.69 Å². The Bertz CT molecular complexity index is 666. The van der Waals surface area contributed by atoms with Gasteiger partial charge in [-0.3, -0.25) is 4.79 Å². The van der Waals surface area contributed by atoms with E-state index in [-0.39, 0.29) is 5.56 Å². The Balaban J connectivity index is 2.31. The second-order valence-electron chi connectivity index (χ2n) is 4.29. The highest BCUT2D eigenvalue weighted by molar-refractivity contribution is 9.10. The van der Waals surface area contributed by atoms with E-state index in [9.17, 15) is 13.6 Å². The Kier molecular flexibility index (Phi) is 4.04. The van der Waals surface area contributed by atoms with E-state index in [1.165, 1.54) is 0 Å². The van der Waals surface area contributed by atoms with E-state index in [0.29, 0.717) is 10.2 Å². The van der Waals surface area contributed by atoms with Crippen molar-refractivity contribution in [2.24, 2.45) is 0 Å². The van der Waals surface area contributed by atoms with Crippen molar-refractivity contribution in [3.63, 3.8) is 0 Å². The summed E-state index contributed by atoms with van der Waals surface area (Å²) in [4.78, 5) is 12.0. The highest BCUT2D eigenvalue weighted by atomic mass is 79.9. The topological polar surface area (TPSA) is 55.1 Å². The highest BCUT2D eigenvalue weighted by Crippen LogP contribution is 2.24. The molecule has 0 aliphatic heterocycles. The lowest BCUT2D eigenvalue weighted by molar-refractivity contribution is 0.102. The number of hydrogen-bond donors (Lipinski definition) is 2. The average Bonchev–Trinajstić information content (AvgIpc) is 2.39. The van der Waals surface area contributed by atoms with Crippen molar-refractivity contribution >= 4 is 33.2 Å². The molecule has 0 heterocycles. The van der Waals surface area contributed by atoms with E-state index in [1.807, 2.05) is 13.0 Å². The molecule has 0 atom stereocenters. The fourth-order valence-corrected chi connectivity index (χ4v) is 1.99. The van der Waals surface area contributed by atoms with Crippen molar-refractivity contribution in [1.29, 1.82) is 0 Å². The zero-order chi connectivity index (χ0) is 14.9. The Labute approximate surface area is 122 Å². The smallest absolute Gasteiger partial charge is 0.255 e. The van der Waals surface area contributed by atoms with Gasteiger partial charge in [0.2, 0.25) is 0 Å². The molecule has 20 heavy (non-hydrogen) atoms. The van der Waals surface area contributed by atoms with E-state index < -0.39 is 23.2 Å². The summed E-state index contributed by atoms with van der Waals surface area (Å²) in [5, 5.41) is 2.58. The number of nitrogen functional groups attached to an aromatic ring is 1. The zero-order valence-corrected chi connectivity index (χ0v) is 12.1. The van der Waals surface area contributed by atoms with Crippen LogP contribution in [0.25, 0.3) is 0 Å². The third-order valence-electron chi connectivity index (χ3n) is 2.71. The lowest BCUT2D eigenvalue weighted by Gasteiger charge is -2.09. The highest BCUT2D eigenvalue weighted by Gasteiger charge is 2.14. The summed E-state index contributed by atoms with van der Waals surface area (Å²) in [7, 11) is 0. The molecule has 0 bridgehead atoms. The predicted molar refractivity (Wildman–Crippen MR) is 77.6 cm³/mol. The van der Waals surface area contributed by atoms with E-state index in [4.69, 9.17) is 5.73 Å². The number of carbonyl (C=O) groups excluding carboxylic acids is 1. The largest absolute Gasteiger partial charge is 0.394 e. The van der Waals surface area contributed by atoms with E-state index in [2.05, 4.69) is 21.2 Å². The minimum absolute atomic E-state index is 0.136. The molecule has 3 N–H and O–H groups in total. The van der Waals surface area contributed by atoms with Gasteiger partial charge in [-0.25, -0.2) is 8.78 Å². The van der Waals surface area contributed by atoms with Crippen molar-refractivity contribution in [1.82, 2.24) is 0 Å². The van der Waals surface area contributed by atoms with Gasteiger partial charge in [-0.1, -0.05) is 6.07 Å². The van der Waals surface area contributed by atoms with Crippen LogP contribution in [0.1, 0.15) is 15.9 Å². The Morgan fingerprint density at radius 2 is 1.80 bits per heavy atom. The number of aryl methyl sites for hydroxylation is 1. The summed E-state index contributed by atoms with van der Waals surface area (Å²) in [5.41, 5.74) is 5.89. The van der Waals surface area contributed by atoms with Crippen LogP contribution in [0.5, 0.6) is 0 Å². The molecule has 0 saturated carbocycles. The molecule has 0 radical (unpaired) electrons. The fraction of sp³-hybridized carbons (Fsp3) is 0.0714. The maximum atomic E-state index is 13.3. The SMILES string of the molecule is Cc1ccc(Br)c(NC(=O)c2cc(F)c(N)c(F)c2)c1. The quantitative estimate of drug-likeness (QED) is 0.815. The number of hydrogen-bond acceptors (Lipinski definition) is 2. The third kappa shape index (κ3) is 2.96. The van der Waals surface area contributed by atoms with E-state index >= 15 is 0 Å². The summed E-state index contributed by atoms with van der Waals surface area (Å²) in [5.74, 6) is -2.54. The lowest BCUT2D eigenvalue weighted by atomic mass is 10.1. The van der Waals surface area contributed by atoms with Gasteiger partial charge in [0.15, 0.2) is 0 Å².